The van der Waals surface area contributed by atoms with Crippen molar-refractivity contribution in [1.29, 1.82) is 0 Å². The summed E-state index contributed by atoms with van der Waals surface area (Å²) in [6, 6.07) is 11.5. The highest BCUT2D eigenvalue weighted by Crippen LogP contribution is 2.22. The van der Waals surface area contributed by atoms with Crippen LogP contribution in [0, 0.1) is 0 Å². The molecule has 1 aromatic heterocycles. The number of benzene rings is 1. The van der Waals surface area contributed by atoms with Crippen LogP contribution in [0.15, 0.2) is 36.4 Å². The molecule has 1 heterocycles. The molecule has 2 N–H and O–H groups in total. The van der Waals surface area contributed by atoms with Crippen molar-refractivity contribution in [3.05, 3.63) is 53.3 Å². The number of hydrogen-bond donors (Lipinski definition) is 2. The van der Waals surface area contributed by atoms with Gasteiger partial charge in [-0.15, -0.1) is 0 Å². The van der Waals surface area contributed by atoms with Gasteiger partial charge in [-0.3, -0.25) is 14.3 Å². The van der Waals surface area contributed by atoms with Crippen LogP contribution in [0.2, 0.25) is 0 Å². The Morgan fingerprint density at radius 1 is 1.16 bits per heavy atom. The molecule has 1 atom stereocenters. The number of amides is 2. The first-order chi connectivity index (χ1) is 12.1. The molecular weight excluding hydrogens is 316 g/mol. The maximum Gasteiger partial charge on any atom is 0.271 e. The highest BCUT2D eigenvalue weighted by molar-refractivity contribution is 5.98. The fraction of sp³-hybridized carbons (Fsp3) is 0.421. The molecule has 0 saturated heterocycles. The van der Waals surface area contributed by atoms with Gasteiger partial charge >= 0.3 is 0 Å². The van der Waals surface area contributed by atoms with Gasteiger partial charge in [-0.1, -0.05) is 43.2 Å². The standard InChI is InChI=1S/C19H24N4O2/c1-13(14-8-4-3-5-9-14)23-17(12-16(22-23)18(24)20-2)19(25)21-15-10-6-7-11-15/h3-5,8-9,12-13,15H,6-7,10-11H2,1-2H3,(H,20,24)(H,21,25). The Balaban J connectivity index is 1.93. The van der Waals surface area contributed by atoms with Crippen LogP contribution in [0.25, 0.3) is 0 Å². The lowest BCUT2D eigenvalue weighted by Gasteiger charge is -2.17. The van der Waals surface area contributed by atoms with Gasteiger partial charge in [-0.05, 0) is 25.3 Å². The van der Waals surface area contributed by atoms with Gasteiger partial charge in [-0.2, -0.15) is 5.10 Å². The molecule has 0 aliphatic heterocycles. The largest absolute Gasteiger partial charge is 0.354 e. The zero-order valence-corrected chi connectivity index (χ0v) is 14.7. The molecule has 2 amide bonds. The third-order valence-corrected chi connectivity index (χ3v) is 4.77. The van der Waals surface area contributed by atoms with Crippen LogP contribution in [-0.4, -0.2) is 34.7 Å². The summed E-state index contributed by atoms with van der Waals surface area (Å²) in [5.74, 6) is -0.466. The van der Waals surface area contributed by atoms with Gasteiger partial charge in [0.15, 0.2) is 5.69 Å². The molecule has 132 valence electrons. The number of nitrogens with one attached hydrogen (secondary N) is 2. The Morgan fingerprint density at radius 2 is 1.84 bits per heavy atom. The van der Waals surface area contributed by atoms with E-state index in [-0.39, 0.29) is 29.6 Å². The summed E-state index contributed by atoms with van der Waals surface area (Å²) in [4.78, 5) is 24.8. The number of carbonyl (C=O) groups is 2. The zero-order valence-electron chi connectivity index (χ0n) is 14.7. The van der Waals surface area contributed by atoms with Gasteiger partial charge in [0.05, 0.1) is 6.04 Å². The van der Waals surface area contributed by atoms with Crippen molar-refractivity contribution in [2.45, 2.75) is 44.7 Å². The third-order valence-electron chi connectivity index (χ3n) is 4.77. The molecule has 6 heteroatoms. The molecular formula is C19H24N4O2. The molecule has 1 aliphatic rings. The summed E-state index contributed by atoms with van der Waals surface area (Å²) in [6.07, 6.45) is 4.31. The number of nitrogens with zero attached hydrogens (tertiary/aromatic N) is 2. The Labute approximate surface area is 147 Å². The van der Waals surface area contributed by atoms with E-state index in [1.54, 1.807) is 17.8 Å². The van der Waals surface area contributed by atoms with E-state index in [2.05, 4.69) is 15.7 Å². The van der Waals surface area contributed by atoms with Crippen molar-refractivity contribution in [3.8, 4) is 0 Å². The van der Waals surface area contributed by atoms with Gasteiger partial charge in [0.1, 0.15) is 5.69 Å². The van der Waals surface area contributed by atoms with E-state index in [9.17, 15) is 9.59 Å². The lowest BCUT2D eigenvalue weighted by molar-refractivity contribution is 0.0923. The molecule has 3 rings (SSSR count). The monoisotopic (exact) mass is 340 g/mol. The van der Waals surface area contributed by atoms with E-state index >= 15 is 0 Å². The number of hydrogen-bond acceptors (Lipinski definition) is 3. The first kappa shape index (κ1) is 17.2. The lowest BCUT2D eigenvalue weighted by Crippen LogP contribution is -2.34. The van der Waals surface area contributed by atoms with E-state index < -0.39 is 0 Å². The highest BCUT2D eigenvalue weighted by atomic mass is 16.2. The first-order valence-corrected chi connectivity index (χ1v) is 8.77. The quantitative estimate of drug-likeness (QED) is 0.878. The van der Waals surface area contributed by atoms with E-state index in [1.165, 1.54) is 0 Å². The summed E-state index contributed by atoms with van der Waals surface area (Å²) >= 11 is 0. The molecule has 0 radical (unpaired) electrons. The summed E-state index contributed by atoms with van der Waals surface area (Å²) < 4.78 is 1.64. The molecule has 1 fully saturated rings. The second-order valence-corrected chi connectivity index (χ2v) is 6.48. The third kappa shape index (κ3) is 3.73. The minimum absolute atomic E-state index is 0.149. The van der Waals surface area contributed by atoms with Crippen LogP contribution >= 0.6 is 0 Å². The maximum atomic E-state index is 12.8. The molecule has 2 aromatic rings. The molecule has 1 saturated carbocycles. The molecule has 0 bridgehead atoms. The second-order valence-electron chi connectivity index (χ2n) is 6.48. The van der Waals surface area contributed by atoms with Crippen LogP contribution in [0.3, 0.4) is 0 Å². The molecule has 1 unspecified atom stereocenters. The van der Waals surface area contributed by atoms with E-state index in [0.717, 1.165) is 31.2 Å². The molecule has 25 heavy (non-hydrogen) atoms. The Hall–Kier alpha value is -2.63. The highest BCUT2D eigenvalue weighted by Gasteiger charge is 2.25. The summed E-state index contributed by atoms with van der Waals surface area (Å²) in [7, 11) is 1.56. The van der Waals surface area contributed by atoms with Gasteiger partial charge in [0, 0.05) is 19.2 Å². The zero-order chi connectivity index (χ0) is 17.8. The van der Waals surface area contributed by atoms with Crippen molar-refractivity contribution < 1.29 is 9.59 Å². The molecule has 6 nitrogen and oxygen atoms in total. The average molecular weight is 340 g/mol. The maximum absolute atomic E-state index is 12.8. The minimum Gasteiger partial charge on any atom is -0.354 e. The van der Waals surface area contributed by atoms with E-state index in [4.69, 9.17) is 0 Å². The van der Waals surface area contributed by atoms with Crippen molar-refractivity contribution in [1.82, 2.24) is 20.4 Å². The second kappa shape index (κ2) is 7.51. The van der Waals surface area contributed by atoms with Crippen LogP contribution in [0.5, 0.6) is 0 Å². The van der Waals surface area contributed by atoms with Crippen molar-refractivity contribution in [2.24, 2.45) is 0 Å². The smallest absolute Gasteiger partial charge is 0.271 e. The normalized spacial score (nSPS) is 15.8. The fourth-order valence-electron chi connectivity index (χ4n) is 3.30. The Bertz CT molecular complexity index is 748. The number of rotatable bonds is 5. The van der Waals surface area contributed by atoms with Crippen LogP contribution in [0.1, 0.15) is 65.2 Å². The van der Waals surface area contributed by atoms with Crippen LogP contribution in [-0.2, 0) is 0 Å². The Kier molecular flexibility index (Phi) is 5.16. The van der Waals surface area contributed by atoms with Gasteiger partial charge < -0.3 is 10.6 Å². The topological polar surface area (TPSA) is 76.0 Å². The van der Waals surface area contributed by atoms with Crippen molar-refractivity contribution in [3.63, 3.8) is 0 Å². The van der Waals surface area contributed by atoms with Gasteiger partial charge in [0.25, 0.3) is 11.8 Å². The molecule has 1 aliphatic carbocycles. The van der Waals surface area contributed by atoms with Gasteiger partial charge in [-0.25, -0.2) is 0 Å². The average Bonchev–Trinajstić information content (AvgIpc) is 3.30. The van der Waals surface area contributed by atoms with Crippen molar-refractivity contribution in [2.75, 3.05) is 7.05 Å². The molecule has 1 aromatic carbocycles. The first-order valence-electron chi connectivity index (χ1n) is 8.77. The number of carbonyl (C=O) groups excluding carboxylic acids is 2. The van der Waals surface area contributed by atoms with Crippen LogP contribution < -0.4 is 10.6 Å². The Morgan fingerprint density at radius 3 is 2.48 bits per heavy atom. The van der Waals surface area contributed by atoms with Crippen LogP contribution in [0.4, 0.5) is 0 Å². The summed E-state index contributed by atoms with van der Waals surface area (Å²) in [6.45, 7) is 1.97. The minimum atomic E-state index is -0.297. The van der Waals surface area contributed by atoms with Crippen molar-refractivity contribution >= 4 is 11.8 Å². The van der Waals surface area contributed by atoms with E-state index in [1.807, 2.05) is 37.3 Å². The predicted molar refractivity (Wildman–Crippen MR) is 95.6 cm³/mol. The van der Waals surface area contributed by atoms with Gasteiger partial charge in [0.2, 0.25) is 0 Å². The number of aromatic nitrogens is 2. The SMILES string of the molecule is CNC(=O)c1cc(C(=O)NC2CCCC2)n(C(C)c2ccccc2)n1. The predicted octanol–water partition coefficient (Wildman–Crippen LogP) is 2.52. The summed E-state index contributed by atoms with van der Waals surface area (Å²) in [5.41, 5.74) is 1.70. The lowest BCUT2D eigenvalue weighted by atomic mass is 10.1. The summed E-state index contributed by atoms with van der Waals surface area (Å²) in [5, 5.41) is 10.0. The van der Waals surface area contributed by atoms with E-state index in [0.29, 0.717) is 5.69 Å². The fourth-order valence-corrected chi connectivity index (χ4v) is 3.30. The molecule has 0 spiro atoms.